The second kappa shape index (κ2) is 6.39. The van der Waals surface area contributed by atoms with Gasteiger partial charge in [-0.1, -0.05) is 13.8 Å². The Kier molecular flexibility index (Phi) is 5.15. The number of carbonyl (C=O) groups is 1. The molecule has 2 amide bonds. The molecule has 0 aliphatic rings. The fourth-order valence-electron chi connectivity index (χ4n) is 1.42. The summed E-state index contributed by atoms with van der Waals surface area (Å²) in [6.45, 7) is 8.01. The quantitative estimate of drug-likeness (QED) is 0.746. The van der Waals surface area contributed by atoms with Gasteiger partial charge in [-0.05, 0) is 19.8 Å². The zero-order valence-electron chi connectivity index (χ0n) is 11.3. The summed E-state index contributed by atoms with van der Waals surface area (Å²) in [4.78, 5) is 11.6. The van der Waals surface area contributed by atoms with Gasteiger partial charge in [0.1, 0.15) is 5.82 Å². The second-order valence-corrected chi connectivity index (χ2v) is 4.90. The molecule has 1 rings (SSSR count). The van der Waals surface area contributed by atoms with Gasteiger partial charge in [-0.3, -0.25) is 5.32 Å². The molecule has 0 radical (unpaired) electrons. The number of nitrogens with zero attached hydrogens (tertiary/aromatic N) is 2. The maximum absolute atomic E-state index is 11.6. The highest BCUT2D eigenvalue weighted by Gasteiger charge is 2.12. The van der Waals surface area contributed by atoms with Gasteiger partial charge in [0, 0.05) is 18.7 Å². The first-order valence-corrected chi connectivity index (χ1v) is 6.18. The van der Waals surface area contributed by atoms with Crippen molar-refractivity contribution in [2.75, 3.05) is 11.9 Å². The van der Waals surface area contributed by atoms with Crippen molar-refractivity contribution < 1.29 is 9.90 Å². The van der Waals surface area contributed by atoms with Crippen LogP contribution in [0.2, 0.25) is 0 Å². The first kappa shape index (κ1) is 14.5. The van der Waals surface area contributed by atoms with E-state index in [4.69, 9.17) is 0 Å². The van der Waals surface area contributed by atoms with Gasteiger partial charge < -0.3 is 10.4 Å². The molecule has 0 saturated heterocycles. The van der Waals surface area contributed by atoms with Gasteiger partial charge in [0.2, 0.25) is 0 Å². The Hall–Kier alpha value is -1.56. The molecule has 6 nitrogen and oxygen atoms in total. The SMILES string of the molecule is CC(C)C(O)CNC(=O)Nc1ccnn1C(C)C. The summed E-state index contributed by atoms with van der Waals surface area (Å²) in [6.07, 6.45) is 1.10. The summed E-state index contributed by atoms with van der Waals surface area (Å²) >= 11 is 0. The number of anilines is 1. The van der Waals surface area contributed by atoms with E-state index in [2.05, 4.69) is 15.7 Å². The van der Waals surface area contributed by atoms with Gasteiger partial charge in [-0.2, -0.15) is 5.10 Å². The Bertz CT molecular complexity index is 387. The average molecular weight is 254 g/mol. The monoisotopic (exact) mass is 254 g/mol. The summed E-state index contributed by atoms with van der Waals surface area (Å²) in [7, 11) is 0. The lowest BCUT2D eigenvalue weighted by molar-refractivity contribution is 0.126. The van der Waals surface area contributed by atoms with Gasteiger partial charge in [0.25, 0.3) is 0 Å². The molecule has 1 unspecified atom stereocenters. The Morgan fingerprint density at radius 3 is 2.67 bits per heavy atom. The van der Waals surface area contributed by atoms with Crippen LogP contribution in [0, 0.1) is 5.92 Å². The van der Waals surface area contributed by atoms with Crippen LogP contribution >= 0.6 is 0 Å². The lowest BCUT2D eigenvalue weighted by atomic mass is 10.1. The Morgan fingerprint density at radius 1 is 1.44 bits per heavy atom. The summed E-state index contributed by atoms with van der Waals surface area (Å²) in [5, 5.41) is 19.0. The molecular formula is C12H22N4O2. The maximum atomic E-state index is 11.6. The number of rotatable bonds is 5. The van der Waals surface area contributed by atoms with E-state index in [-0.39, 0.29) is 24.5 Å². The fraction of sp³-hybridized carbons (Fsp3) is 0.667. The molecule has 3 N–H and O–H groups in total. The van der Waals surface area contributed by atoms with E-state index >= 15 is 0 Å². The van der Waals surface area contributed by atoms with Crippen molar-refractivity contribution in [2.45, 2.75) is 39.8 Å². The topological polar surface area (TPSA) is 79.2 Å². The third kappa shape index (κ3) is 4.03. The van der Waals surface area contributed by atoms with Gasteiger partial charge in [-0.25, -0.2) is 9.48 Å². The molecule has 6 heteroatoms. The Balaban J connectivity index is 2.47. The highest BCUT2D eigenvalue weighted by molar-refractivity contribution is 5.88. The van der Waals surface area contributed by atoms with Crippen molar-refractivity contribution >= 4 is 11.8 Å². The van der Waals surface area contributed by atoms with Crippen molar-refractivity contribution in [1.29, 1.82) is 0 Å². The maximum Gasteiger partial charge on any atom is 0.320 e. The van der Waals surface area contributed by atoms with E-state index in [0.29, 0.717) is 5.82 Å². The van der Waals surface area contributed by atoms with Crippen LogP contribution < -0.4 is 10.6 Å². The minimum Gasteiger partial charge on any atom is -0.391 e. The first-order chi connectivity index (χ1) is 8.41. The number of urea groups is 1. The van der Waals surface area contributed by atoms with E-state index in [0.717, 1.165) is 0 Å². The first-order valence-electron chi connectivity index (χ1n) is 6.18. The minimum absolute atomic E-state index is 0.117. The number of aromatic nitrogens is 2. The molecule has 0 saturated carbocycles. The van der Waals surface area contributed by atoms with E-state index in [9.17, 15) is 9.90 Å². The number of hydrogen-bond donors (Lipinski definition) is 3. The van der Waals surface area contributed by atoms with Gasteiger partial charge in [0.05, 0.1) is 12.3 Å². The third-order valence-corrected chi connectivity index (χ3v) is 2.64. The summed E-state index contributed by atoms with van der Waals surface area (Å²) in [6, 6.07) is 1.58. The van der Waals surface area contributed by atoms with E-state index < -0.39 is 6.10 Å². The molecule has 0 fully saturated rings. The fourth-order valence-corrected chi connectivity index (χ4v) is 1.42. The molecule has 1 atom stereocenters. The van der Waals surface area contributed by atoms with Crippen LogP contribution in [-0.4, -0.2) is 33.6 Å². The van der Waals surface area contributed by atoms with Crippen LogP contribution in [-0.2, 0) is 0 Å². The smallest absolute Gasteiger partial charge is 0.320 e. The van der Waals surface area contributed by atoms with E-state index in [1.807, 2.05) is 27.7 Å². The van der Waals surface area contributed by atoms with Crippen molar-refractivity contribution in [1.82, 2.24) is 15.1 Å². The molecule has 1 aromatic heterocycles. The summed E-state index contributed by atoms with van der Waals surface area (Å²) < 4.78 is 1.72. The minimum atomic E-state index is -0.536. The van der Waals surface area contributed by atoms with Crippen molar-refractivity contribution in [3.8, 4) is 0 Å². The van der Waals surface area contributed by atoms with Gasteiger partial charge >= 0.3 is 6.03 Å². The normalized spacial score (nSPS) is 12.8. The van der Waals surface area contributed by atoms with Crippen LogP contribution in [0.3, 0.4) is 0 Å². The van der Waals surface area contributed by atoms with Crippen molar-refractivity contribution in [3.05, 3.63) is 12.3 Å². The van der Waals surface area contributed by atoms with Gasteiger partial charge in [-0.15, -0.1) is 0 Å². The highest BCUT2D eigenvalue weighted by atomic mass is 16.3. The molecule has 0 aromatic carbocycles. The van der Waals surface area contributed by atoms with Crippen molar-refractivity contribution in [3.63, 3.8) is 0 Å². The number of aliphatic hydroxyl groups excluding tert-OH is 1. The number of carbonyl (C=O) groups excluding carboxylic acids is 1. The summed E-state index contributed by atoms with van der Waals surface area (Å²) in [5.41, 5.74) is 0. The van der Waals surface area contributed by atoms with E-state index in [1.54, 1.807) is 16.9 Å². The average Bonchev–Trinajstić information content (AvgIpc) is 2.73. The number of hydrogen-bond acceptors (Lipinski definition) is 3. The summed E-state index contributed by atoms with van der Waals surface area (Å²) in [5.74, 6) is 0.757. The standard InChI is InChI=1S/C12H22N4O2/c1-8(2)10(17)7-13-12(18)15-11-5-6-14-16(11)9(3)4/h5-6,8-10,17H,7H2,1-4H3,(H2,13,15,18). The van der Waals surface area contributed by atoms with Crippen LogP contribution in [0.1, 0.15) is 33.7 Å². The zero-order chi connectivity index (χ0) is 13.7. The Labute approximate surface area is 107 Å². The van der Waals surface area contributed by atoms with E-state index in [1.165, 1.54) is 0 Å². The number of nitrogens with one attached hydrogen (secondary N) is 2. The lowest BCUT2D eigenvalue weighted by Crippen LogP contribution is -2.37. The molecule has 1 aromatic rings. The Morgan fingerprint density at radius 2 is 2.11 bits per heavy atom. The second-order valence-electron chi connectivity index (χ2n) is 4.90. The number of aliphatic hydroxyl groups is 1. The molecule has 0 aliphatic heterocycles. The van der Waals surface area contributed by atoms with Crippen molar-refractivity contribution in [2.24, 2.45) is 5.92 Å². The molecule has 0 bridgehead atoms. The van der Waals surface area contributed by atoms with Crippen LogP contribution in [0.25, 0.3) is 0 Å². The molecule has 0 aliphatic carbocycles. The predicted molar refractivity (Wildman–Crippen MR) is 70.5 cm³/mol. The molecule has 1 heterocycles. The lowest BCUT2D eigenvalue weighted by Gasteiger charge is -2.16. The highest BCUT2D eigenvalue weighted by Crippen LogP contribution is 2.12. The number of amides is 2. The zero-order valence-corrected chi connectivity index (χ0v) is 11.3. The molecule has 102 valence electrons. The predicted octanol–water partition coefficient (Wildman–Crippen LogP) is 1.60. The van der Waals surface area contributed by atoms with Crippen LogP contribution in [0.15, 0.2) is 12.3 Å². The third-order valence-electron chi connectivity index (χ3n) is 2.64. The molecule has 0 spiro atoms. The van der Waals surface area contributed by atoms with Crippen LogP contribution in [0.5, 0.6) is 0 Å². The van der Waals surface area contributed by atoms with Crippen LogP contribution in [0.4, 0.5) is 10.6 Å². The molecule has 18 heavy (non-hydrogen) atoms. The van der Waals surface area contributed by atoms with Gasteiger partial charge in [0.15, 0.2) is 0 Å². The largest absolute Gasteiger partial charge is 0.391 e. The molecular weight excluding hydrogens is 232 g/mol.